The van der Waals surface area contributed by atoms with Crippen LogP contribution in [0.4, 0.5) is 0 Å². The molecule has 5 rings (SSSR count). The summed E-state index contributed by atoms with van der Waals surface area (Å²) in [5.74, 6) is 0.541. The molecule has 1 atom stereocenters. The van der Waals surface area contributed by atoms with Crippen molar-refractivity contribution in [3.8, 4) is 0 Å². The normalized spacial score (nSPS) is 26.0. The molecule has 2 aromatic carbocycles. The molecule has 3 aliphatic carbocycles. The van der Waals surface area contributed by atoms with Crippen LogP contribution in [0.3, 0.4) is 0 Å². The lowest BCUT2D eigenvalue weighted by Crippen LogP contribution is -2.44. The van der Waals surface area contributed by atoms with Crippen molar-refractivity contribution in [2.45, 2.75) is 37.3 Å². The summed E-state index contributed by atoms with van der Waals surface area (Å²) in [6, 6.07) is 18.2. The van der Waals surface area contributed by atoms with Crippen LogP contribution in [0.25, 0.3) is 0 Å². The van der Waals surface area contributed by atoms with Crippen LogP contribution in [0, 0.1) is 0 Å². The smallest absolute Gasteiger partial charge is 0.119 e. The van der Waals surface area contributed by atoms with Crippen molar-refractivity contribution in [1.82, 2.24) is 4.90 Å². The van der Waals surface area contributed by atoms with E-state index >= 15 is 0 Å². The van der Waals surface area contributed by atoms with Gasteiger partial charge >= 0.3 is 0 Å². The first-order chi connectivity index (χ1) is 11.1. The Labute approximate surface area is 139 Å². The highest BCUT2D eigenvalue weighted by molar-refractivity contribution is 5.57. The quantitative estimate of drug-likeness (QED) is 0.842. The van der Waals surface area contributed by atoms with Gasteiger partial charge in [0.2, 0.25) is 0 Å². The molecule has 2 aromatic rings. The van der Waals surface area contributed by atoms with E-state index < -0.39 is 0 Å². The lowest BCUT2D eigenvalue weighted by atomic mass is 9.61. The van der Waals surface area contributed by atoms with Gasteiger partial charge in [-0.2, -0.15) is 0 Å². The van der Waals surface area contributed by atoms with Crippen molar-refractivity contribution < 1.29 is 4.74 Å². The topological polar surface area (TPSA) is 12.5 Å². The molecule has 1 unspecified atom stereocenters. The first-order valence-electron chi connectivity index (χ1n) is 8.62. The zero-order valence-electron chi connectivity index (χ0n) is 14.3. The average Bonchev–Trinajstić information content (AvgIpc) is 2.60. The number of rotatable bonds is 4. The van der Waals surface area contributed by atoms with Crippen LogP contribution in [-0.4, -0.2) is 31.6 Å². The SMILES string of the molecule is CC(COC12CCC(c3ccccc31)c1ccccc12)N(C)C. The number of likely N-dealkylation sites (N-methyl/N-ethyl adjacent to an activating group) is 1. The van der Waals surface area contributed by atoms with E-state index in [9.17, 15) is 0 Å². The summed E-state index contributed by atoms with van der Waals surface area (Å²) < 4.78 is 6.69. The molecule has 0 aromatic heterocycles. The standard InChI is InChI=1S/C21H25NO/c1-15(22(2)3)14-23-21-13-12-16(17-8-4-6-10-19(17)21)18-9-5-7-11-20(18)21/h4-11,15-16H,12-14H2,1-3H3. The summed E-state index contributed by atoms with van der Waals surface area (Å²) >= 11 is 0. The Balaban J connectivity index is 1.82. The molecule has 0 heterocycles. The Morgan fingerprint density at radius 1 is 1.04 bits per heavy atom. The lowest BCUT2D eigenvalue weighted by Gasteiger charge is -2.49. The fraction of sp³-hybridized carbons (Fsp3) is 0.429. The van der Waals surface area contributed by atoms with E-state index in [1.165, 1.54) is 28.7 Å². The van der Waals surface area contributed by atoms with Gasteiger partial charge in [0.1, 0.15) is 5.60 Å². The van der Waals surface area contributed by atoms with E-state index in [1.807, 2.05) is 0 Å². The third-order valence-corrected chi connectivity index (χ3v) is 5.78. The summed E-state index contributed by atoms with van der Waals surface area (Å²) in [5, 5.41) is 0. The Kier molecular flexibility index (Phi) is 3.55. The molecule has 0 amide bonds. The monoisotopic (exact) mass is 307 g/mol. The number of fused-ring (bicyclic) bond motifs is 1. The fourth-order valence-electron chi connectivity index (χ4n) is 4.22. The van der Waals surface area contributed by atoms with Crippen molar-refractivity contribution in [3.63, 3.8) is 0 Å². The van der Waals surface area contributed by atoms with Gasteiger partial charge in [0.15, 0.2) is 0 Å². The molecular formula is C21H25NO. The van der Waals surface area contributed by atoms with Gasteiger partial charge in [0.05, 0.1) is 6.61 Å². The van der Waals surface area contributed by atoms with Gasteiger partial charge in [-0.25, -0.2) is 0 Å². The van der Waals surface area contributed by atoms with E-state index in [2.05, 4.69) is 74.4 Å². The molecule has 0 saturated carbocycles. The van der Waals surface area contributed by atoms with E-state index in [-0.39, 0.29) is 5.60 Å². The number of nitrogens with zero attached hydrogens (tertiary/aromatic N) is 1. The van der Waals surface area contributed by atoms with Gasteiger partial charge in [-0.05, 0) is 56.1 Å². The third-order valence-electron chi connectivity index (χ3n) is 5.78. The predicted molar refractivity (Wildman–Crippen MR) is 93.8 cm³/mol. The second kappa shape index (κ2) is 5.47. The minimum absolute atomic E-state index is 0.258. The zero-order chi connectivity index (χ0) is 16.0. The number of ether oxygens (including phenoxy) is 1. The van der Waals surface area contributed by atoms with E-state index in [4.69, 9.17) is 4.74 Å². The molecular weight excluding hydrogens is 282 g/mol. The number of hydrogen-bond donors (Lipinski definition) is 0. The van der Waals surface area contributed by atoms with Gasteiger partial charge < -0.3 is 9.64 Å². The second-order valence-electron chi connectivity index (χ2n) is 7.22. The average molecular weight is 307 g/mol. The minimum Gasteiger partial charge on any atom is -0.364 e. The molecule has 2 bridgehead atoms. The molecule has 2 heteroatoms. The van der Waals surface area contributed by atoms with Crippen molar-refractivity contribution in [2.75, 3.05) is 20.7 Å². The highest BCUT2D eigenvalue weighted by Crippen LogP contribution is 2.56. The Morgan fingerprint density at radius 2 is 1.61 bits per heavy atom. The van der Waals surface area contributed by atoms with Crippen LogP contribution in [0.15, 0.2) is 48.5 Å². The summed E-state index contributed by atoms with van der Waals surface area (Å²) in [5.41, 5.74) is 5.46. The molecule has 3 aliphatic rings. The maximum atomic E-state index is 6.69. The second-order valence-corrected chi connectivity index (χ2v) is 7.22. The van der Waals surface area contributed by atoms with Crippen molar-refractivity contribution >= 4 is 0 Å². The first-order valence-corrected chi connectivity index (χ1v) is 8.62. The van der Waals surface area contributed by atoms with Crippen LogP contribution in [0.2, 0.25) is 0 Å². The van der Waals surface area contributed by atoms with Crippen LogP contribution >= 0.6 is 0 Å². The van der Waals surface area contributed by atoms with E-state index in [0.717, 1.165) is 13.0 Å². The van der Waals surface area contributed by atoms with Crippen LogP contribution < -0.4 is 0 Å². The molecule has 2 nitrogen and oxygen atoms in total. The van der Waals surface area contributed by atoms with E-state index in [1.54, 1.807) is 0 Å². The van der Waals surface area contributed by atoms with Gasteiger partial charge in [-0.1, -0.05) is 48.5 Å². The van der Waals surface area contributed by atoms with Crippen molar-refractivity contribution in [1.29, 1.82) is 0 Å². The lowest BCUT2D eigenvalue weighted by molar-refractivity contribution is -0.0567. The van der Waals surface area contributed by atoms with Gasteiger partial charge in [-0.15, -0.1) is 0 Å². The molecule has 0 radical (unpaired) electrons. The molecule has 0 N–H and O–H groups in total. The summed E-state index contributed by atoms with van der Waals surface area (Å²) in [4.78, 5) is 2.23. The minimum atomic E-state index is -0.258. The van der Waals surface area contributed by atoms with Crippen LogP contribution in [0.5, 0.6) is 0 Å². The molecule has 0 spiro atoms. The summed E-state index contributed by atoms with van der Waals surface area (Å²) in [6.45, 7) is 2.98. The Morgan fingerprint density at radius 3 is 2.17 bits per heavy atom. The molecule has 0 fully saturated rings. The molecule has 0 saturated heterocycles. The Bertz CT molecular complexity index is 674. The molecule has 0 aliphatic heterocycles. The highest BCUT2D eigenvalue weighted by Gasteiger charge is 2.49. The predicted octanol–water partition coefficient (Wildman–Crippen LogP) is 4.14. The number of benzene rings is 2. The maximum absolute atomic E-state index is 6.69. The summed E-state index contributed by atoms with van der Waals surface area (Å²) in [6.07, 6.45) is 2.27. The van der Waals surface area contributed by atoms with Crippen LogP contribution in [-0.2, 0) is 10.3 Å². The fourth-order valence-corrected chi connectivity index (χ4v) is 4.22. The van der Waals surface area contributed by atoms with Gasteiger partial charge in [0.25, 0.3) is 0 Å². The highest BCUT2D eigenvalue weighted by atomic mass is 16.5. The summed E-state index contributed by atoms with van der Waals surface area (Å²) in [7, 11) is 4.23. The third kappa shape index (κ3) is 2.16. The first kappa shape index (κ1) is 14.9. The van der Waals surface area contributed by atoms with Crippen molar-refractivity contribution in [3.05, 3.63) is 70.8 Å². The largest absolute Gasteiger partial charge is 0.364 e. The molecule has 23 heavy (non-hydrogen) atoms. The zero-order valence-corrected chi connectivity index (χ0v) is 14.3. The van der Waals surface area contributed by atoms with Crippen molar-refractivity contribution in [2.24, 2.45) is 0 Å². The van der Waals surface area contributed by atoms with Gasteiger partial charge in [0, 0.05) is 12.0 Å². The van der Waals surface area contributed by atoms with Gasteiger partial charge in [-0.3, -0.25) is 0 Å². The Hall–Kier alpha value is -1.64. The number of hydrogen-bond acceptors (Lipinski definition) is 2. The van der Waals surface area contributed by atoms with Crippen LogP contribution in [0.1, 0.15) is 47.9 Å². The maximum Gasteiger partial charge on any atom is 0.119 e. The molecule has 120 valence electrons. The van der Waals surface area contributed by atoms with E-state index in [0.29, 0.717) is 12.0 Å².